The molecule has 0 fully saturated rings. The molecule has 232 valence electrons. The van der Waals surface area contributed by atoms with Gasteiger partial charge in [0.2, 0.25) is 0 Å². The first-order valence-corrected chi connectivity index (χ1v) is 14.2. The molecular formula is C30H53NO9. The summed E-state index contributed by atoms with van der Waals surface area (Å²) in [5.74, 6) is 0.333. The molecule has 0 spiro atoms. The molecule has 0 aliphatic carbocycles. The molecule has 0 saturated carbocycles. The maximum Gasteiger partial charge on any atom is 0.302 e. The SMILES string of the molecule is CC.COCCOCC/C=C/COCCOCCOCCOCCOc1cc(NC(C)C)ccc1COC(C)=O. The molecule has 1 aromatic rings. The highest BCUT2D eigenvalue weighted by molar-refractivity contribution is 5.66. The summed E-state index contributed by atoms with van der Waals surface area (Å²) in [4.78, 5) is 11.2. The van der Waals surface area contributed by atoms with E-state index in [4.69, 9.17) is 37.9 Å². The summed E-state index contributed by atoms with van der Waals surface area (Å²) in [5.41, 5.74) is 1.75. The third kappa shape index (κ3) is 23.7. The van der Waals surface area contributed by atoms with Crippen LogP contribution in [-0.4, -0.2) is 98.4 Å². The number of benzene rings is 1. The molecule has 1 N–H and O–H groups in total. The standard InChI is InChI=1S/C28H47NO9.C2H6/c1-24(2)29-27-9-8-26(23-38-25(3)30)28(22-27)37-21-20-36-19-18-35-17-16-34-15-14-33-11-7-5-6-10-32-13-12-31-4;1-2/h5,7-9,22,24,29H,6,10-21,23H2,1-4H3;1-2H3/b7-5+;. The molecule has 0 radical (unpaired) electrons. The van der Waals surface area contributed by atoms with E-state index in [0.717, 1.165) is 17.7 Å². The third-order valence-corrected chi connectivity index (χ3v) is 4.80. The van der Waals surface area contributed by atoms with Crippen LogP contribution >= 0.6 is 0 Å². The van der Waals surface area contributed by atoms with Gasteiger partial charge in [-0.2, -0.15) is 0 Å². The molecule has 0 bridgehead atoms. The fourth-order valence-electron chi connectivity index (χ4n) is 3.01. The van der Waals surface area contributed by atoms with E-state index in [1.54, 1.807) is 7.11 Å². The van der Waals surface area contributed by atoms with Crippen molar-refractivity contribution >= 4 is 11.7 Å². The third-order valence-electron chi connectivity index (χ3n) is 4.80. The minimum Gasteiger partial charge on any atom is -0.491 e. The molecule has 0 aliphatic heterocycles. The Hall–Kier alpha value is -2.21. The van der Waals surface area contributed by atoms with Crippen molar-refractivity contribution in [1.82, 2.24) is 0 Å². The molecule has 0 atom stereocenters. The van der Waals surface area contributed by atoms with Gasteiger partial charge in [-0.1, -0.05) is 26.0 Å². The van der Waals surface area contributed by atoms with Crippen LogP contribution < -0.4 is 10.1 Å². The van der Waals surface area contributed by atoms with E-state index < -0.39 is 0 Å². The molecule has 40 heavy (non-hydrogen) atoms. The van der Waals surface area contributed by atoms with Crippen molar-refractivity contribution in [1.29, 1.82) is 0 Å². The number of methoxy groups -OCH3 is 1. The minimum absolute atomic E-state index is 0.165. The Balaban J connectivity index is 0.00000742. The number of carbonyl (C=O) groups excluding carboxylic acids is 1. The molecule has 0 aromatic heterocycles. The van der Waals surface area contributed by atoms with Gasteiger partial charge in [-0.25, -0.2) is 0 Å². The second-order valence-corrected chi connectivity index (χ2v) is 8.53. The van der Waals surface area contributed by atoms with Gasteiger partial charge in [0.05, 0.1) is 72.7 Å². The van der Waals surface area contributed by atoms with Crippen molar-refractivity contribution in [2.24, 2.45) is 0 Å². The Labute approximate surface area is 241 Å². The second-order valence-electron chi connectivity index (χ2n) is 8.53. The number of nitrogens with one attached hydrogen (secondary N) is 1. The molecule has 0 unspecified atom stereocenters. The molecule has 10 nitrogen and oxygen atoms in total. The van der Waals surface area contributed by atoms with Crippen molar-refractivity contribution in [3.05, 3.63) is 35.9 Å². The van der Waals surface area contributed by atoms with Gasteiger partial charge in [-0.15, -0.1) is 0 Å². The van der Waals surface area contributed by atoms with Gasteiger partial charge in [0.25, 0.3) is 0 Å². The number of hydrogen-bond acceptors (Lipinski definition) is 10. The summed E-state index contributed by atoms with van der Waals surface area (Å²) in [7, 11) is 1.66. The first-order chi connectivity index (χ1) is 19.5. The van der Waals surface area contributed by atoms with Crippen LogP contribution in [0.1, 0.15) is 46.6 Å². The average molecular weight is 572 g/mol. The highest BCUT2D eigenvalue weighted by atomic mass is 16.6. The van der Waals surface area contributed by atoms with Crippen LogP contribution in [0, 0.1) is 0 Å². The predicted molar refractivity (Wildman–Crippen MR) is 157 cm³/mol. The number of hydrogen-bond donors (Lipinski definition) is 1. The number of rotatable bonds is 25. The van der Waals surface area contributed by atoms with Crippen LogP contribution in [0.3, 0.4) is 0 Å². The van der Waals surface area contributed by atoms with E-state index >= 15 is 0 Å². The van der Waals surface area contributed by atoms with Crippen molar-refractivity contribution in [2.45, 2.75) is 53.7 Å². The highest BCUT2D eigenvalue weighted by Gasteiger charge is 2.08. The normalized spacial score (nSPS) is 11.0. The average Bonchev–Trinajstić information content (AvgIpc) is 2.94. The Kier molecular flexibility index (Phi) is 26.8. The molecular weight excluding hydrogens is 518 g/mol. The van der Waals surface area contributed by atoms with Gasteiger partial charge in [0.15, 0.2) is 0 Å². The Morgan fingerprint density at radius 3 is 1.98 bits per heavy atom. The van der Waals surface area contributed by atoms with Gasteiger partial charge >= 0.3 is 5.97 Å². The Morgan fingerprint density at radius 2 is 1.38 bits per heavy atom. The van der Waals surface area contributed by atoms with Crippen LogP contribution in [0.25, 0.3) is 0 Å². The predicted octanol–water partition coefficient (Wildman–Crippen LogP) is 4.65. The maximum atomic E-state index is 11.2. The fraction of sp³-hybridized carbons (Fsp3) is 0.700. The lowest BCUT2D eigenvalue weighted by Crippen LogP contribution is -2.14. The second kappa shape index (κ2) is 28.3. The molecule has 0 heterocycles. The largest absolute Gasteiger partial charge is 0.491 e. The highest BCUT2D eigenvalue weighted by Crippen LogP contribution is 2.25. The molecule has 1 aromatic carbocycles. The quantitative estimate of drug-likeness (QED) is 0.101. The van der Waals surface area contributed by atoms with Gasteiger partial charge in [-0.05, 0) is 32.4 Å². The van der Waals surface area contributed by atoms with Gasteiger partial charge in [-0.3, -0.25) is 4.79 Å². The van der Waals surface area contributed by atoms with Gasteiger partial charge in [0.1, 0.15) is 19.0 Å². The van der Waals surface area contributed by atoms with Crippen molar-refractivity contribution in [3.8, 4) is 5.75 Å². The summed E-state index contributed by atoms with van der Waals surface area (Å²) >= 11 is 0. The summed E-state index contributed by atoms with van der Waals surface area (Å²) in [5, 5.41) is 3.34. The fourth-order valence-corrected chi connectivity index (χ4v) is 3.01. The van der Waals surface area contributed by atoms with E-state index in [2.05, 4.69) is 19.2 Å². The van der Waals surface area contributed by atoms with Crippen molar-refractivity contribution in [2.75, 3.05) is 91.7 Å². The molecule has 0 amide bonds. The zero-order valence-electron chi connectivity index (χ0n) is 25.5. The molecule has 0 saturated heterocycles. The Morgan fingerprint density at radius 1 is 0.800 bits per heavy atom. The van der Waals surface area contributed by atoms with Crippen LogP contribution in [0.15, 0.2) is 30.4 Å². The number of carbonyl (C=O) groups is 1. The topological polar surface area (TPSA) is 103 Å². The molecule has 0 aliphatic rings. The number of ether oxygens (including phenoxy) is 8. The summed E-state index contributed by atoms with van der Waals surface area (Å²) in [6.45, 7) is 16.0. The van der Waals surface area contributed by atoms with Crippen LogP contribution in [0.4, 0.5) is 5.69 Å². The smallest absolute Gasteiger partial charge is 0.302 e. The first kappa shape index (κ1) is 37.8. The van der Waals surface area contributed by atoms with E-state index in [1.807, 2.05) is 44.2 Å². The monoisotopic (exact) mass is 571 g/mol. The summed E-state index contributed by atoms with van der Waals surface area (Å²) in [6, 6.07) is 6.04. The van der Waals surface area contributed by atoms with E-state index in [9.17, 15) is 4.79 Å². The zero-order chi connectivity index (χ0) is 29.7. The lowest BCUT2D eigenvalue weighted by molar-refractivity contribution is -0.142. The van der Waals surface area contributed by atoms with Gasteiger partial charge < -0.3 is 43.2 Å². The number of esters is 1. The minimum atomic E-state index is -0.331. The maximum absolute atomic E-state index is 11.2. The number of anilines is 1. The molecule has 10 heteroatoms. The Bertz CT molecular complexity index is 744. The lowest BCUT2D eigenvalue weighted by atomic mass is 10.2. The van der Waals surface area contributed by atoms with Gasteiger partial charge in [0, 0.05) is 37.4 Å². The van der Waals surface area contributed by atoms with Crippen molar-refractivity contribution < 1.29 is 42.7 Å². The zero-order valence-corrected chi connectivity index (χ0v) is 25.5. The first-order valence-electron chi connectivity index (χ1n) is 14.2. The van der Waals surface area contributed by atoms with Crippen LogP contribution in [0.2, 0.25) is 0 Å². The van der Waals surface area contributed by atoms with Crippen molar-refractivity contribution in [3.63, 3.8) is 0 Å². The van der Waals surface area contributed by atoms with Crippen LogP contribution in [-0.2, 0) is 44.6 Å². The van der Waals surface area contributed by atoms with E-state index in [1.165, 1.54) is 6.92 Å². The summed E-state index contributed by atoms with van der Waals surface area (Å²) < 4.78 is 43.3. The van der Waals surface area contributed by atoms with E-state index in [0.29, 0.717) is 91.1 Å². The summed E-state index contributed by atoms with van der Waals surface area (Å²) in [6.07, 6.45) is 4.89. The van der Waals surface area contributed by atoms with Crippen LogP contribution in [0.5, 0.6) is 5.75 Å². The van der Waals surface area contributed by atoms with E-state index in [-0.39, 0.29) is 12.6 Å². The molecule has 1 rings (SSSR count). The lowest BCUT2D eigenvalue weighted by Gasteiger charge is -2.16.